The molecule has 3 rings (SSSR count). The van der Waals surface area contributed by atoms with Gasteiger partial charge in [0.15, 0.2) is 9.84 Å². The van der Waals surface area contributed by atoms with Crippen LogP contribution in [0.15, 0.2) is 10.9 Å². The van der Waals surface area contributed by atoms with Crippen LogP contribution >= 0.6 is 0 Å². The number of aromatic nitrogens is 2. The van der Waals surface area contributed by atoms with Gasteiger partial charge in [0.25, 0.3) is 5.56 Å². The number of carbonyl (C=O) groups is 1. The van der Waals surface area contributed by atoms with Crippen molar-refractivity contribution in [2.24, 2.45) is 11.8 Å². The molecule has 0 radical (unpaired) electrons. The summed E-state index contributed by atoms with van der Waals surface area (Å²) in [5.41, 5.74) is 0.273. The first-order chi connectivity index (χ1) is 12.3. The minimum atomic E-state index is -2.98. The molecule has 0 spiro atoms. The molecule has 0 bridgehead atoms. The van der Waals surface area contributed by atoms with E-state index in [1.165, 1.54) is 6.07 Å². The monoisotopic (exact) mass is 382 g/mol. The number of rotatable bonds is 5. The summed E-state index contributed by atoms with van der Waals surface area (Å²) in [6, 6.07) is 1.39. The third-order valence-electron chi connectivity index (χ3n) is 5.13. The second-order valence-electron chi connectivity index (χ2n) is 7.48. The lowest BCUT2D eigenvalue weighted by atomic mass is 10.00. The van der Waals surface area contributed by atoms with Crippen LogP contribution in [0.2, 0.25) is 0 Å². The van der Waals surface area contributed by atoms with Gasteiger partial charge in [-0.3, -0.25) is 14.6 Å². The molecule has 2 aliphatic rings. The molecule has 3 heterocycles. The largest absolute Gasteiger partial charge is 0.350 e. The van der Waals surface area contributed by atoms with Gasteiger partial charge in [-0.25, -0.2) is 13.4 Å². The smallest absolute Gasteiger partial charge is 0.252 e. The van der Waals surface area contributed by atoms with Crippen molar-refractivity contribution in [3.8, 4) is 0 Å². The van der Waals surface area contributed by atoms with Crippen molar-refractivity contribution in [2.45, 2.75) is 39.2 Å². The molecule has 0 aromatic carbocycles. The molecule has 0 saturated carbocycles. The summed E-state index contributed by atoms with van der Waals surface area (Å²) in [6.45, 7) is 4.10. The first kappa shape index (κ1) is 18.9. The minimum Gasteiger partial charge on any atom is -0.350 e. The SMILES string of the molecule is CC1CCN(c2nc(CNC(=O)C[C@@H]3CCS(=O)(=O)C3)cc(=O)[nH]2)CC1. The van der Waals surface area contributed by atoms with E-state index in [9.17, 15) is 18.0 Å². The Balaban J connectivity index is 1.56. The molecular formula is C17H26N4O4S. The van der Waals surface area contributed by atoms with Crippen LogP contribution in [0.5, 0.6) is 0 Å². The first-order valence-electron chi connectivity index (χ1n) is 9.13. The maximum Gasteiger partial charge on any atom is 0.252 e. The fourth-order valence-corrected chi connectivity index (χ4v) is 5.37. The fraction of sp³-hybridized carbons (Fsp3) is 0.706. The molecule has 2 fully saturated rings. The number of aromatic amines is 1. The van der Waals surface area contributed by atoms with E-state index in [0.717, 1.165) is 25.9 Å². The number of nitrogens with one attached hydrogen (secondary N) is 2. The Kier molecular flexibility index (Phi) is 5.64. The third kappa shape index (κ3) is 5.06. The van der Waals surface area contributed by atoms with E-state index < -0.39 is 9.84 Å². The van der Waals surface area contributed by atoms with Crippen LogP contribution in [-0.4, -0.2) is 48.9 Å². The molecule has 144 valence electrons. The Morgan fingerprint density at radius 3 is 2.73 bits per heavy atom. The third-order valence-corrected chi connectivity index (χ3v) is 6.97. The quantitative estimate of drug-likeness (QED) is 0.764. The molecule has 2 saturated heterocycles. The Bertz CT molecular complexity index is 812. The molecule has 26 heavy (non-hydrogen) atoms. The second-order valence-corrected chi connectivity index (χ2v) is 9.71. The number of H-pyrrole nitrogens is 1. The number of sulfone groups is 1. The predicted molar refractivity (Wildman–Crippen MR) is 98.7 cm³/mol. The van der Waals surface area contributed by atoms with Crippen LogP contribution in [-0.2, 0) is 21.2 Å². The standard InChI is InChI=1S/C17H26N4O4S/c1-12-2-5-21(6-3-12)17-19-14(9-16(23)20-17)10-18-15(22)8-13-4-7-26(24,25)11-13/h9,12-13H,2-8,10-11H2,1H3,(H,18,22)(H,19,20,23)/t13-/m0/s1. The van der Waals surface area contributed by atoms with Gasteiger partial charge in [0.1, 0.15) is 0 Å². The van der Waals surface area contributed by atoms with E-state index in [2.05, 4.69) is 27.1 Å². The molecule has 1 amide bonds. The van der Waals surface area contributed by atoms with Gasteiger partial charge in [0.05, 0.1) is 23.7 Å². The number of nitrogens with zero attached hydrogens (tertiary/aromatic N) is 2. The van der Waals surface area contributed by atoms with Crippen LogP contribution in [0.1, 0.15) is 38.3 Å². The van der Waals surface area contributed by atoms with Crippen LogP contribution in [0, 0.1) is 11.8 Å². The summed E-state index contributed by atoms with van der Waals surface area (Å²) in [5, 5.41) is 2.75. The van der Waals surface area contributed by atoms with Gasteiger partial charge in [-0.15, -0.1) is 0 Å². The fourth-order valence-electron chi connectivity index (χ4n) is 3.51. The highest BCUT2D eigenvalue weighted by Crippen LogP contribution is 2.21. The summed E-state index contributed by atoms with van der Waals surface area (Å²) < 4.78 is 22.9. The maximum absolute atomic E-state index is 12.1. The van der Waals surface area contributed by atoms with Crippen LogP contribution in [0.25, 0.3) is 0 Å². The molecular weight excluding hydrogens is 356 g/mol. The Labute approximate surface area is 153 Å². The molecule has 2 N–H and O–H groups in total. The van der Waals surface area contributed by atoms with Gasteiger partial charge in [-0.2, -0.15) is 0 Å². The average molecular weight is 382 g/mol. The number of carbonyl (C=O) groups excluding carboxylic acids is 1. The van der Waals surface area contributed by atoms with Crippen molar-refractivity contribution in [1.82, 2.24) is 15.3 Å². The van der Waals surface area contributed by atoms with Gasteiger partial charge in [-0.1, -0.05) is 6.92 Å². The zero-order valence-electron chi connectivity index (χ0n) is 15.0. The molecule has 1 aromatic heterocycles. The number of hydrogen-bond acceptors (Lipinski definition) is 6. The summed E-state index contributed by atoms with van der Waals surface area (Å²) in [6.07, 6.45) is 2.86. The molecule has 1 atom stereocenters. The highest BCUT2D eigenvalue weighted by Gasteiger charge is 2.29. The normalized spacial score (nSPS) is 23.1. The lowest BCUT2D eigenvalue weighted by molar-refractivity contribution is -0.122. The van der Waals surface area contributed by atoms with Crippen LogP contribution in [0.3, 0.4) is 0 Å². The number of anilines is 1. The van der Waals surface area contributed by atoms with E-state index in [1.54, 1.807) is 0 Å². The minimum absolute atomic E-state index is 0.0845. The van der Waals surface area contributed by atoms with Crippen molar-refractivity contribution in [2.75, 3.05) is 29.5 Å². The highest BCUT2D eigenvalue weighted by atomic mass is 32.2. The average Bonchev–Trinajstić information content (AvgIpc) is 2.91. The summed E-state index contributed by atoms with van der Waals surface area (Å²) in [7, 11) is -2.98. The van der Waals surface area contributed by atoms with Crippen LogP contribution < -0.4 is 15.8 Å². The second kappa shape index (κ2) is 7.77. The van der Waals surface area contributed by atoms with Gasteiger partial charge in [0.2, 0.25) is 11.9 Å². The predicted octanol–water partition coefficient (Wildman–Crippen LogP) is 0.447. The van der Waals surface area contributed by atoms with E-state index in [-0.39, 0.29) is 41.9 Å². The summed E-state index contributed by atoms with van der Waals surface area (Å²) >= 11 is 0. The zero-order chi connectivity index (χ0) is 18.7. The first-order valence-corrected chi connectivity index (χ1v) is 11.0. The van der Waals surface area contributed by atoms with Crippen molar-refractivity contribution < 1.29 is 13.2 Å². The van der Waals surface area contributed by atoms with E-state index >= 15 is 0 Å². The topological polar surface area (TPSA) is 112 Å². The Morgan fingerprint density at radius 1 is 1.35 bits per heavy atom. The maximum atomic E-state index is 12.1. The van der Waals surface area contributed by atoms with Crippen molar-refractivity contribution >= 4 is 21.7 Å². The van der Waals surface area contributed by atoms with Crippen molar-refractivity contribution in [3.05, 3.63) is 22.1 Å². The van der Waals surface area contributed by atoms with E-state index in [0.29, 0.717) is 24.0 Å². The molecule has 0 unspecified atom stereocenters. The number of piperidine rings is 1. The zero-order valence-corrected chi connectivity index (χ0v) is 15.8. The van der Waals surface area contributed by atoms with Gasteiger partial charge >= 0.3 is 0 Å². The Hall–Kier alpha value is -1.90. The lowest BCUT2D eigenvalue weighted by Gasteiger charge is -2.30. The van der Waals surface area contributed by atoms with Crippen LogP contribution in [0.4, 0.5) is 5.95 Å². The van der Waals surface area contributed by atoms with Gasteiger partial charge in [0, 0.05) is 25.6 Å². The lowest BCUT2D eigenvalue weighted by Crippen LogP contribution is -2.35. The summed E-state index contributed by atoms with van der Waals surface area (Å²) in [5.74, 6) is 1.16. The molecule has 2 aliphatic heterocycles. The van der Waals surface area contributed by atoms with E-state index in [1.807, 2.05) is 0 Å². The number of hydrogen-bond donors (Lipinski definition) is 2. The Morgan fingerprint density at radius 2 is 2.08 bits per heavy atom. The molecule has 8 nitrogen and oxygen atoms in total. The number of amides is 1. The molecule has 1 aromatic rings. The van der Waals surface area contributed by atoms with Crippen molar-refractivity contribution in [3.63, 3.8) is 0 Å². The molecule has 0 aliphatic carbocycles. The van der Waals surface area contributed by atoms with Crippen molar-refractivity contribution in [1.29, 1.82) is 0 Å². The van der Waals surface area contributed by atoms with Gasteiger partial charge < -0.3 is 10.2 Å². The van der Waals surface area contributed by atoms with E-state index in [4.69, 9.17) is 0 Å². The highest BCUT2D eigenvalue weighted by molar-refractivity contribution is 7.91. The molecule has 9 heteroatoms. The summed E-state index contributed by atoms with van der Waals surface area (Å²) in [4.78, 5) is 33.3. The van der Waals surface area contributed by atoms with Gasteiger partial charge in [-0.05, 0) is 31.1 Å².